The molecule has 4 heteroatoms. The highest BCUT2D eigenvalue weighted by Crippen LogP contribution is 2.26. The number of nitrogens with two attached hydrogens (primary N) is 1. The Morgan fingerprint density at radius 1 is 1.32 bits per heavy atom. The molecule has 106 valence electrons. The number of para-hydroxylation sites is 2. The Morgan fingerprint density at radius 2 is 2.05 bits per heavy atom. The number of hydrogen-bond donors (Lipinski definition) is 1. The van der Waals surface area contributed by atoms with Gasteiger partial charge in [0.15, 0.2) is 11.5 Å². The summed E-state index contributed by atoms with van der Waals surface area (Å²) >= 11 is 0. The minimum atomic E-state index is 0.501. The molecule has 1 aromatic carbocycles. The lowest BCUT2D eigenvalue weighted by Gasteiger charge is -2.25. The summed E-state index contributed by atoms with van der Waals surface area (Å²) in [7, 11) is 1.66. The van der Waals surface area contributed by atoms with Gasteiger partial charge in [0.1, 0.15) is 6.61 Å². The van der Waals surface area contributed by atoms with Gasteiger partial charge < -0.3 is 15.2 Å². The average molecular weight is 264 g/mol. The molecular formula is C15H24N2O2. The molecule has 2 rings (SSSR count). The Kier molecular flexibility index (Phi) is 5.05. The van der Waals surface area contributed by atoms with Crippen molar-refractivity contribution in [2.24, 2.45) is 11.7 Å². The van der Waals surface area contributed by atoms with Crippen LogP contribution in [0.2, 0.25) is 0 Å². The van der Waals surface area contributed by atoms with Crippen LogP contribution in [0.15, 0.2) is 24.3 Å². The second-order valence-electron chi connectivity index (χ2n) is 5.10. The van der Waals surface area contributed by atoms with E-state index in [1.807, 2.05) is 24.3 Å². The topological polar surface area (TPSA) is 47.7 Å². The predicted molar refractivity (Wildman–Crippen MR) is 76.7 cm³/mol. The first-order valence-corrected chi connectivity index (χ1v) is 6.96. The van der Waals surface area contributed by atoms with Crippen molar-refractivity contribution in [3.63, 3.8) is 0 Å². The normalized spacial score (nSPS) is 23.5. The maximum atomic E-state index is 5.84. The van der Waals surface area contributed by atoms with Gasteiger partial charge in [-0.15, -0.1) is 0 Å². The highest BCUT2D eigenvalue weighted by atomic mass is 16.5. The van der Waals surface area contributed by atoms with Crippen molar-refractivity contribution in [2.45, 2.75) is 19.4 Å². The second-order valence-corrected chi connectivity index (χ2v) is 5.10. The highest BCUT2D eigenvalue weighted by Gasteiger charge is 2.29. The van der Waals surface area contributed by atoms with Crippen molar-refractivity contribution in [3.05, 3.63) is 24.3 Å². The molecule has 1 fully saturated rings. The van der Waals surface area contributed by atoms with Gasteiger partial charge in [-0.05, 0) is 31.0 Å². The predicted octanol–water partition coefficient (Wildman–Crippen LogP) is 1.74. The maximum Gasteiger partial charge on any atom is 0.161 e. The van der Waals surface area contributed by atoms with Crippen LogP contribution in [0.4, 0.5) is 0 Å². The summed E-state index contributed by atoms with van der Waals surface area (Å²) in [6, 6.07) is 8.25. The molecule has 1 saturated heterocycles. The smallest absolute Gasteiger partial charge is 0.161 e. The van der Waals surface area contributed by atoms with Crippen molar-refractivity contribution in [1.82, 2.24) is 4.90 Å². The molecule has 0 bridgehead atoms. The van der Waals surface area contributed by atoms with Crippen molar-refractivity contribution < 1.29 is 9.47 Å². The third-order valence-corrected chi connectivity index (χ3v) is 3.94. The number of likely N-dealkylation sites (tertiary alicyclic amines) is 1. The first-order chi connectivity index (χ1) is 9.26. The Hall–Kier alpha value is -1.26. The number of ether oxygens (including phenoxy) is 2. The average Bonchev–Trinajstić information content (AvgIpc) is 2.79. The zero-order valence-electron chi connectivity index (χ0n) is 11.8. The zero-order valence-corrected chi connectivity index (χ0v) is 11.8. The van der Waals surface area contributed by atoms with Crippen LogP contribution in [-0.4, -0.2) is 44.3 Å². The van der Waals surface area contributed by atoms with Gasteiger partial charge in [-0.25, -0.2) is 0 Å². The molecule has 1 aliphatic heterocycles. The van der Waals surface area contributed by atoms with Crippen molar-refractivity contribution in [2.75, 3.05) is 33.4 Å². The monoisotopic (exact) mass is 264 g/mol. The fourth-order valence-electron chi connectivity index (χ4n) is 2.76. The van der Waals surface area contributed by atoms with Gasteiger partial charge in [-0.2, -0.15) is 0 Å². The number of methoxy groups -OCH3 is 1. The van der Waals surface area contributed by atoms with E-state index >= 15 is 0 Å². The van der Waals surface area contributed by atoms with Gasteiger partial charge in [0, 0.05) is 19.1 Å². The largest absolute Gasteiger partial charge is 0.493 e. The van der Waals surface area contributed by atoms with E-state index in [1.54, 1.807) is 7.11 Å². The highest BCUT2D eigenvalue weighted by molar-refractivity contribution is 5.39. The number of rotatable bonds is 6. The maximum absolute atomic E-state index is 5.84. The molecule has 0 aliphatic carbocycles. The molecular weight excluding hydrogens is 240 g/mol. The summed E-state index contributed by atoms with van der Waals surface area (Å²) in [5, 5.41) is 0. The van der Waals surface area contributed by atoms with Crippen LogP contribution in [-0.2, 0) is 0 Å². The van der Waals surface area contributed by atoms with Crippen LogP contribution in [0, 0.1) is 5.92 Å². The van der Waals surface area contributed by atoms with Crippen LogP contribution in [0.1, 0.15) is 13.3 Å². The molecule has 2 atom stereocenters. The molecule has 0 radical (unpaired) electrons. The molecule has 2 N–H and O–H groups in total. The lowest BCUT2D eigenvalue weighted by atomic mass is 10.0. The van der Waals surface area contributed by atoms with Crippen molar-refractivity contribution in [3.8, 4) is 11.5 Å². The quantitative estimate of drug-likeness (QED) is 0.850. The summed E-state index contributed by atoms with van der Waals surface area (Å²) in [4.78, 5) is 2.43. The minimum absolute atomic E-state index is 0.501. The number of benzene rings is 1. The lowest BCUT2D eigenvalue weighted by molar-refractivity contribution is 0.184. The molecule has 0 amide bonds. The minimum Gasteiger partial charge on any atom is -0.493 e. The van der Waals surface area contributed by atoms with E-state index in [9.17, 15) is 0 Å². The first-order valence-electron chi connectivity index (χ1n) is 6.96. The molecule has 0 aromatic heterocycles. The van der Waals surface area contributed by atoms with Crippen LogP contribution in [0.3, 0.4) is 0 Å². The van der Waals surface area contributed by atoms with Gasteiger partial charge in [0.05, 0.1) is 7.11 Å². The second kappa shape index (κ2) is 6.78. The Balaban J connectivity index is 1.83. The van der Waals surface area contributed by atoms with Crippen molar-refractivity contribution >= 4 is 0 Å². The Morgan fingerprint density at radius 3 is 2.74 bits per heavy atom. The first kappa shape index (κ1) is 14.2. The molecule has 1 aliphatic rings. The fraction of sp³-hybridized carbons (Fsp3) is 0.600. The summed E-state index contributed by atoms with van der Waals surface area (Å²) in [5.74, 6) is 2.28. The molecule has 0 spiro atoms. The van der Waals surface area contributed by atoms with E-state index in [4.69, 9.17) is 15.2 Å². The van der Waals surface area contributed by atoms with Gasteiger partial charge in [0.2, 0.25) is 0 Å². The summed E-state index contributed by atoms with van der Waals surface area (Å²) in [6.45, 7) is 5.72. The molecule has 0 saturated carbocycles. The fourth-order valence-corrected chi connectivity index (χ4v) is 2.76. The van der Waals surface area contributed by atoms with E-state index in [1.165, 1.54) is 6.42 Å². The van der Waals surface area contributed by atoms with E-state index in [0.717, 1.165) is 31.1 Å². The van der Waals surface area contributed by atoms with E-state index in [2.05, 4.69) is 11.8 Å². The van der Waals surface area contributed by atoms with E-state index < -0.39 is 0 Å². The molecule has 1 aromatic rings. The van der Waals surface area contributed by atoms with Crippen LogP contribution in [0.25, 0.3) is 0 Å². The van der Waals surface area contributed by atoms with Gasteiger partial charge in [-0.1, -0.05) is 19.1 Å². The number of nitrogens with zero attached hydrogens (tertiary/aromatic N) is 1. The third-order valence-electron chi connectivity index (χ3n) is 3.94. The molecule has 1 heterocycles. The molecule has 4 nitrogen and oxygen atoms in total. The molecule has 2 unspecified atom stereocenters. The summed E-state index contributed by atoms with van der Waals surface area (Å²) in [6.07, 6.45) is 1.23. The number of hydrogen-bond acceptors (Lipinski definition) is 4. The third kappa shape index (κ3) is 3.39. The van der Waals surface area contributed by atoms with Gasteiger partial charge >= 0.3 is 0 Å². The van der Waals surface area contributed by atoms with Crippen LogP contribution < -0.4 is 15.2 Å². The van der Waals surface area contributed by atoms with E-state index in [0.29, 0.717) is 18.6 Å². The summed E-state index contributed by atoms with van der Waals surface area (Å²) < 4.78 is 11.1. The van der Waals surface area contributed by atoms with Gasteiger partial charge in [-0.3, -0.25) is 4.90 Å². The van der Waals surface area contributed by atoms with E-state index in [-0.39, 0.29) is 0 Å². The zero-order chi connectivity index (χ0) is 13.7. The van der Waals surface area contributed by atoms with Crippen LogP contribution in [0.5, 0.6) is 11.5 Å². The van der Waals surface area contributed by atoms with Gasteiger partial charge in [0.25, 0.3) is 0 Å². The molecule has 19 heavy (non-hydrogen) atoms. The lowest BCUT2D eigenvalue weighted by Crippen LogP contribution is -2.40. The van der Waals surface area contributed by atoms with Crippen molar-refractivity contribution in [1.29, 1.82) is 0 Å². The summed E-state index contributed by atoms with van der Waals surface area (Å²) in [5.41, 5.74) is 5.84. The SMILES string of the molecule is COc1ccccc1OCCN1CCC(C)C1CN. The standard InChI is InChI=1S/C15H24N2O2/c1-12-7-8-17(13(12)11-16)9-10-19-15-6-4-3-5-14(15)18-2/h3-6,12-13H,7-11,16H2,1-2H3. The Bertz CT molecular complexity index is 397. The Labute approximate surface area is 115 Å². The van der Waals surface area contributed by atoms with Crippen LogP contribution >= 0.6 is 0 Å².